The normalized spacial score (nSPS) is 14.3. The molecule has 202 valence electrons. The zero-order valence-electron chi connectivity index (χ0n) is 20.6. The first-order chi connectivity index (χ1) is 19.2. The van der Waals surface area contributed by atoms with Gasteiger partial charge in [0.05, 0.1) is 29.3 Å². The topological polar surface area (TPSA) is 148 Å². The number of fused-ring (bicyclic) bond motifs is 1. The third-order valence-corrected chi connectivity index (χ3v) is 7.27. The fourth-order valence-corrected chi connectivity index (χ4v) is 5.21. The van der Waals surface area contributed by atoms with Crippen LogP contribution < -0.4 is 10.5 Å². The van der Waals surface area contributed by atoms with Gasteiger partial charge in [0.25, 0.3) is 5.56 Å². The number of nitrogens with one attached hydrogen (secondary N) is 1. The Morgan fingerprint density at radius 3 is 2.67 bits per heavy atom. The minimum Gasteiger partial charge on any atom is -0.465 e. The third-order valence-electron chi connectivity index (χ3n) is 6.59. The van der Waals surface area contributed by atoms with Gasteiger partial charge in [-0.2, -0.15) is 0 Å². The summed E-state index contributed by atoms with van der Waals surface area (Å²) >= 11 is 18.7. The van der Waals surface area contributed by atoms with E-state index in [0.717, 1.165) is 4.90 Å². The first-order valence-corrected chi connectivity index (χ1v) is 13.0. The number of benzene rings is 1. The number of H-pyrrole nitrogens is 1. The molecule has 0 unspecified atom stereocenters. The molecular weight excluding hydrogens is 581 g/mol. The van der Waals surface area contributed by atoms with E-state index in [2.05, 4.69) is 25.3 Å². The molecule has 1 aromatic carbocycles. The molecule has 4 aromatic heterocycles. The summed E-state index contributed by atoms with van der Waals surface area (Å²) in [7, 11) is 1.40. The summed E-state index contributed by atoms with van der Waals surface area (Å²) in [5, 5.41) is 17.9. The summed E-state index contributed by atoms with van der Waals surface area (Å²) in [6, 6.07) is 9.47. The average Bonchev–Trinajstić information content (AvgIpc) is 3.66. The molecule has 1 aliphatic heterocycles. The van der Waals surface area contributed by atoms with Crippen LogP contribution in [0.5, 0.6) is 0 Å². The summed E-state index contributed by atoms with van der Waals surface area (Å²) in [6.45, 7) is 0. The van der Waals surface area contributed by atoms with Gasteiger partial charge in [-0.05, 0) is 36.8 Å². The molecule has 15 heteroatoms. The van der Waals surface area contributed by atoms with E-state index in [4.69, 9.17) is 44.9 Å². The van der Waals surface area contributed by atoms with Crippen LogP contribution in [0.25, 0.3) is 28.2 Å². The number of aromatic amines is 1. The number of halogens is 3. The Kier molecular flexibility index (Phi) is 6.53. The van der Waals surface area contributed by atoms with Gasteiger partial charge in [0.2, 0.25) is 0 Å². The summed E-state index contributed by atoms with van der Waals surface area (Å²) in [5.74, 6) is 1.36. The lowest BCUT2D eigenvalue weighted by Gasteiger charge is -2.14. The summed E-state index contributed by atoms with van der Waals surface area (Å²) < 4.78 is 3.10. The number of hydrogen-bond donors (Lipinski definition) is 2. The second-order valence-corrected chi connectivity index (χ2v) is 10.2. The van der Waals surface area contributed by atoms with E-state index < -0.39 is 12.1 Å². The van der Waals surface area contributed by atoms with E-state index in [1.165, 1.54) is 24.0 Å². The highest BCUT2D eigenvalue weighted by Crippen LogP contribution is 2.35. The number of nitrogens with zero attached hydrogens (tertiary/aromatic N) is 8. The molecule has 0 bridgehead atoms. The highest BCUT2D eigenvalue weighted by atomic mass is 35.5. The molecule has 0 saturated heterocycles. The second-order valence-electron chi connectivity index (χ2n) is 9.00. The molecule has 1 amide bonds. The molecule has 0 radical (unpaired) electrons. The van der Waals surface area contributed by atoms with E-state index in [9.17, 15) is 9.59 Å². The molecular formula is C25H18Cl3N9O3. The van der Waals surface area contributed by atoms with Crippen LogP contribution in [0.1, 0.15) is 24.1 Å². The van der Waals surface area contributed by atoms with Crippen molar-refractivity contribution in [1.29, 1.82) is 0 Å². The third kappa shape index (κ3) is 4.59. The van der Waals surface area contributed by atoms with Crippen LogP contribution in [0.4, 0.5) is 10.6 Å². The number of amides is 1. The van der Waals surface area contributed by atoms with Gasteiger partial charge in [-0.1, -0.05) is 40.0 Å². The second kappa shape index (κ2) is 10.0. The number of aromatic nitrogens is 8. The van der Waals surface area contributed by atoms with E-state index in [0.29, 0.717) is 57.7 Å². The molecule has 0 aliphatic carbocycles. The van der Waals surface area contributed by atoms with E-state index >= 15 is 0 Å². The number of imidazole rings is 1. The Balaban J connectivity index is 1.35. The smallest absolute Gasteiger partial charge is 0.412 e. The highest BCUT2D eigenvalue weighted by Gasteiger charge is 2.30. The van der Waals surface area contributed by atoms with Crippen LogP contribution in [-0.4, -0.2) is 57.7 Å². The first kappa shape index (κ1) is 26.0. The average molecular weight is 599 g/mol. The zero-order valence-corrected chi connectivity index (χ0v) is 22.9. The zero-order chi connectivity index (χ0) is 28.1. The van der Waals surface area contributed by atoms with Gasteiger partial charge in [0.15, 0.2) is 10.3 Å². The number of carboxylic acid groups (broad SMARTS) is 1. The van der Waals surface area contributed by atoms with Crippen molar-refractivity contribution in [2.24, 2.45) is 0 Å². The van der Waals surface area contributed by atoms with Crippen LogP contribution in [0.3, 0.4) is 0 Å². The predicted molar refractivity (Wildman–Crippen MR) is 149 cm³/mol. The number of hydrogen-bond acceptors (Lipinski definition) is 7. The van der Waals surface area contributed by atoms with Crippen LogP contribution in [0, 0.1) is 0 Å². The molecule has 0 saturated carbocycles. The lowest BCUT2D eigenvalue weighted by molar-refractivity contribution is 0.203. The predicted octanol–water partition coefficient (Wildman–Crippen LogP) is 4.89. The van der Waals surface area contributed by atoms with Gasteiger partial charge >= 0.3 is 6.09 Å². The van der Waals surface area contributed by atoms with Crippen molar-refractivity contribution in [1.82, 2.24) is 39.5 Å². The number of aryl methyl sites for hydroxylation is 1. The molecule has 6 rings (SSSR count). The molecule has 0 spiro atoms. The molecule has 1 atom stereocenters. The molecule has 12 nitrogen and oxygen atoms in total. The van der Waals surface area contributed by atoms with Crippen molar-refractivity contribution >= 4 is 46.7 Å². The lowest BCUT2D eigenvalue weighted by Crippen LogP contribution is -2.25. The van der Waals surface area contributed by atoms with Crippen LogP contribution in [0.2, 0.25) is 15.3 Å². The number of carbonyl (C=O) groups is 1. The van der Waals surface area contributed by atoms with Gasteiger partial charge in [0, 0.05) is 41.9 Å². The highest BCUT2D eigenvalue weighted by molar-refractivity contribution is 6.32. The van der Waals surface area contributed by atoms with Crippen molar-refractivity contribution in [3.05, 3.63) is 86.1 Å². The van der Waals surface area contributed by atoms with Crippen LogP contribution >= 0.6 is 34.8 Å². The van der Waals surface area contributed by atoms with Crippen LogP contribution in [0.15, 0.2) is 53.6 Å². The fourth-order valence-electron chi connectivity index (χ4n) is 4.66. The number of rotatable bonds is 5. The van der Waals surface area contributed by atoms with Gasteiger partial charge in [-0.25, -0.2) is 24.4 Å². The molecule has 0 fully saturated rings. The Hall–Kier alpha value is -4.26. The molecule has 5 heterocycles. The van der Waals surface area contributed by atoms with Crippen molar-refractivity contribution in [3.8, 4) is 28.2 Å². The van der Waals surface area contributed by atoms with Gasteiger partial charge < -0.3 is 10.1 Å². The minimum absolute atomic E-state index is 0.206. The molecule has 5 aromatic rings. The molecule has 1 aliphatic rings. The minimum atomic E-state index is -1.13. The van der Waals surface area contributed by atoms with Gasteiger partial charge in [-0.3, -0.25) is 14.3 Å². The lowest BCUT2D eigenvalue weighted by atomic mass is 10.1. The van der Waals surface area contributed by atoms with E-state index in [1.807, 2.05) is 0 Å². The molecule has 2 N–H and O–H groups in total. The quantitative estimate of drug-likeness (QED) is 0.291. The Labute approximate surface area is 240 Å². The standard InChI is InChI=1S/C25H18Cl3N9O3/c1-35(25(39)40)19-6-2-12(10-29-19)22-23(28)32-24(31-22)17-5-7-20-30-15(9-21(38)37(17)20)14-8-13(26)3-4-16(14)36-11-18(27)33-34-36/h2-4,6,8-11,17H,5,7H2,1H3,(H,31,32)(H,39,40)/t17-/m0/s1. The van der Waals surface area contributed by atoms with Gasteiger partial charge in [0.1, 0.15) is 17.5 Å². The largest absolute Gasteiger partial charge is 0.465 e. The SMILES string of the molecule is CN(C(=O)O)c1ccc(-c2[nH]c([C@@H]3CCc4nc(-c5cc(Cl)ccc5-n5cc(Cl)nn5)cc(=O)n43)nc2Cl)cn1. The van der Waals surface area contributed by atoms with E-state index in [-0.39, 0.29) is 21.7 Å². The van der Waals surface area contributed by atoms with Crippen molar-refractivity contribution in [2.75, 3.05) is 11.9 Å². The Morgan fingerprint density at radius 2 is 1.98 bits per heavy atom. The van der Waals surface area contributed by atoms with Crippen molar-refractivity contribution in [2.45, 2.75) is 18.9 Å². The first-order valence-electron chi connectivity index (χ1n) is 11.9. The number of anilines is 1. The van der Waals surface area contributed by atoms with Crippen molar-refractivity contribution in [3.63, 3.8) is 0 Å². The van der Waals surface area contributed by atoms with Crippen LogP contribution in [-0.2, 0) is 6.42 Å². The summed E-state index contributed by atoms with van der Waals surface area (Å²) in [4.78, 5) is 42.3. The van der Waals surface area contributed by atoms with E-state index in [1.54, 1.807) is 41.1 Å². The monoisotopic (exact) mass is 597 g/mol. The number of pyridine rings is 1. The summed E-state index contributed by atoms with van der Waals surface area (Å²) in [5.41, 5.74) is 2.53. The Morgan fingerprint density at radius 1 is 1.15 bits per heavy atom. The molecule has 40 heavy (non-hydrogen) atoms. The maximum atomic E-state index is 13.4. The van der Waals surface area contributed by atoms with Gasteiger partial charge in [-0.15, -0.1) is 5.10 Å². The maximum absolute atomic E-state index is 13.4. The summed E-state index contributed by atoms with van der Waals surface area (Å²) in [6.07, 6.45) is 3.04. The fraction of sp³-hybridized carbons (Fsp3) is 0.160. The Bertz CT molecular complexity index is 1830. The maximum Gasteiger partial charge on any atom is 0.412 e. The van der Waals surface area contributed by atoms with Crippen molar-refractivity contribution < 1.29 is 9.90 Å².